The molecule has 4 heteroatoms. The Bertz CT molecular complexity index is 916. The number of benzene rings is 2. The molecular weight excluding hydrogens is 588 g/mol. The van der Waals surface area contributed by atoms with Gasteiger partial charge >= 0.3 is 0 Å². The molecule has 2 aromatic carbocycles. The SMILES string of the molecule is CCCCCCCN(CCCCCC)CCOCc1cccc(-c2cccc(COCCN(CCCCCC)CCCCCCC)c2)c1. The fraction of sp³-hybridized carbons (Fsp3) is 0.727. The van der Waals surface area contributed by atoms with Crippen molar-refractivity contribution in [3.63, 3.8) is 0 Å². The summed E-state index contributed by atoms with van der Waals surface area (Å²) in [5, 5.41) is 0. The van der Waals surface area contributed by atoms with Crippen LogP contribution in [0.2, 0.25) is 0 Å². The lowest BCUT2D eigenvalue weighted by molar-refractivity contribution is 0.0911. The van der Waals surface area contributed by atoms with Crippen molar-refractivity contribution in [2.24, 2.45) is 0 Å². The lowest BCUT2D eigenvalue weighted by Crippen LogP contribution is -2.30. The Kier molecular flexibility index (Phi) is 26.6. The Morgan fingerprint density at radius 1 is 0.396 bits per heavy atom. The molecule has 0 spiro atoms. The Balaban J connectivity index is 1.80. The predicted molar refractivity (Wildman–Crippen MR) is 210 cm³/mol. The van der Waals surface area contributed by atoms with Crippen LogP contribution < -0.4 is 0 Å². The van der Waals surface area contributed by atoms with Crippen molar-refractivity contribution in [3.05, 3.63) is 59.7 Å². The maximum atomic E-state index is 6.23. The molecule has 0 aromatic heterocycles. The Hall–Kier alpha value is -1.72. The molecule has 0 unspecified atom stereocenters. The smallest absolute Gasteiger partial charge is 0.0717 e. The lowest BCUT2D eigenvalue weighted by atomic mass is 10.0. The van der Waals surface area contributed by atoms with Gasteiger partial charge in [0.25, 0.3) is 0 Å². The van der Waals surface area contributed by atoms with Gasteiger partial charge < -0.3 is 19.3 Å². The van der Waals surface area contributed by atoms with Gasteiger partial charge in [-0.15, -0.1) is 0 Å². The molecule has 0 aliphatic heterocycles. The molecule has 0 amide bonds. The van der Waals surface area contributed by atoms with Gasteiger partial charge in [-0.3, -0.25) is 0 Å². The zero-order valence-electron chi connectivity index (χ0n) is 32.1. The van der Waals surface area contributed by atoms with E-state index < -0.39 is 0 Å². The zero-order valence-corrected chi connectivity index (χ0v) is 32.1. The number of hydrogen-bond acceptors (Lipinski definition) is 4. The second kappa shape index (κ2) is 30.1. The van der Waals surface area contributed by atoms with Gasteiger partial charge in [0.1, 0.15) is 0 Å². The first-order chi connectivity index (χ1) is 23.7. The largest absolute Gasteiger partial charge is 0.375 e. The Morgan fingerprint density at radius 3 is 1.08 bits per heavy atom. The van der Waals surface area contributed by atoms with E-state index in [2.05, 4.69) is 86.0 Å². The molecule has 2 rings (SSSR count). The summed E-state index contributed by atoms with van der Waals surface area (Å²) in [6, 6.07) is 17.8. The molecular formula is C44H76N2O2. The number of hydrogen-bond donors (Lipinski definition) is 0. The second-order valence-corrected chi connectivity index (χ2v) is 14.1. The fourth-order valence-electron chi connectivity index (χ4n) is 6.52. The van der Waals surface area contributed by atoms with Crippen molar-refractivity contribution >= 4 is 0 Å². The average molecular weight is 665 g/mol. The standard InChI is InChI=1S/C44H76N2O2/c1-5-9-13-17-21-31-45(29-19-15-11-7-3)33-35-47-39-41-25-23-27-43(37-41)44-28-24-26-42(38-44)40-48-36-34-46(30-20-16-12-8-4)32-22-18-14-10-6-2/h23-28,37-38H,5-22,29-36,39-40H2,1-4H3. The Morgan fingerprint density at radius 2 is 0.729 bits per heavy atom. The van der Waals surface area contributed by atoms with Gasteiger partial charge in [0.15, 0.2) is 0 Å². The minimum absolute atomic E-state index is 0.671. The molecule has 0 saturated heterocycles. The topological polar surface area (TPSA) is 24.9 Å². The van der Waals surface area contributed by atoms with Crippen LogP contribution in [0.5, 0.6) is 0 Å². The Labute approximate surface area is 298 Å². The van der Waals surface area contributed by atoms with Crippen LogP contribution in [0.3, 0.4) is 0 Å². The summed E-state index contributed by atoms with van der Waals surface area (Å²) in [6.07, 6.45) is 24.1. The van der Waals surface area contributed by atoms with Gasteiger partial charge in [-0.05, 0) is 86.2 Å². The first-order valence-corrected chi connectivity index (χ1v) is 20.5. The van der Waals surface area contributed by atoms with Crippen LogP contribution in [-0.2, 0) is 22.7 Å². The minimum atomic E-state index is 0.671. The number of nitrogens with zero attached hydrogens (tertiary/aromatic N) is 2. The molecule has 0 fully saturated rings. The highest BCUT2D eigenvalue weighted by atomic mass is 16.5. The molecule has 0 heterocycles. The maximum absolute atomic E-state index is 6.23. The molecule has 48 heavy (non-hydrogen) atoms. The van der Waals surface area contributed by atoms with Crippen molar-refractivity contribution in [1.29, 1.82) is 0 Å². The molecule has 0 radical (unpaired) electrons. The molecule has 0 saturated carbocycles. The average Bonchev–Trinajstić information content (AvgIpc) is 3.11. The van der Waals surface area contributed by atoms with Crippen LogP contribution >= 0.6 is 0 Å². The zero-order chi connectivity index (χ0) is 34.3. The highest BCUT2D eigenvalue weighted by molar-refractivity contribution is 5.64. The highest BCUT2D eigenvalue weighted by Crippen LogP contribution is 2.22. The van der Waals surface area contributed by atoms with E-state index in [4.69, 9.17) is 9.47 Å². The monoisotopic (exact) mass is 665 g/mol. The maximum Gasteiger partial charge on any atom is 0.0717 e. The third kappa shape index (κ3) is 21.4. The summed E-state index contributed by atoms with van der Waals surface area (Å²) in [4.78, 5) is 5.29. The summed E-state index contributed by atoms with van der Waals surface area (Å²) >= 11 is 0. The van der Waals surface area contributed by atoms with E-state index in [9.17, 15) is 0 Å². The summed E-state index contributed by atoms with van der Waals surface area (Å²) in [7, 11) is 0. The van der Waals surface area contributed by atoms with Crippen molar-refractivity contribution in [3.8, 4) is 11.1 Å². The fourth-order valence-corrected chi connectivity index (χ4v) is 6.52. The highest BCUT2D eigenvalue weighted by Gasteiger charge is 2.08. The molecule has 2 aromatic rings. The van der Waals surface area contributed by atoms with Crippen LogP contribution in [0, 0.1) is 0 Å². The van der Waals surface area contributed by atoms with Crippen molar-refractivity contribution < 1.29 is 9.47 Å². The van der Waals surface area contributed by atoms with Crippen LogP contribution in [0.15, 0.2) is 48.5 Å². The quantitative estimate of drug-likeness (QED) is 0.0709. The molecule has 0 aliphatic rings. The van der Waals surface area contributed by atoms with E-state index in [1.807, 2.05) is 0 Å². The van der Waals surface area contributed by atoms with E-state index in [1.54, 1.807) is 0 Å². The van der Waals surface area contributed by atoms with Gasteiger partial charge in [0, 0.05) is 13.1 Å². The molecule has 0 bridgehead atoms. The van der Waals surface area contributed by atoms with Crippen molar-refractivity contribution in [1.82, 2.24) is 9.80 Å². The summed E-state index contributed by atoms with van der Waals surface area (Å²) in [5.41, 5.74) is 5.00. The predicted octanol–water partition coefficient (Wildman–Crippen LogP) is 12.1. The third-order valence-electron chi connectivity index (χ3n) is 9.64. The summed E-state index contributed by atoms with van der Waals surface area (Å²) in [5.74, 6) is 0. The number of ether oxygens (including phenoxy) is 2. The minimum Gasteiger partial charge on any atom is -0.375 e. The van der Waals surface area contributed by atoms with Gasteiger partial charge in [-0.1, -0.05) is 154 Å². The second-order valence-electron chi connectivity index (χ2n) is 14.1. The molecule has 4 nitrogen and oxygen atoms in total. The molecule has 0 N–H and O–H groups in total. The van der Waals surface area contributed by atoms with E-state index in [-0.39, 0.29) is 0 Å². The molecule has 0 atom stereocenters. The van der Waals surface area contributed by atoms with Crippen molar-refractivity contribution in [2.75, 3.05) is 52.5 Å². The lowest BCUT2D eigenvalue weighted by Gasteiger charge is -2.22. The van der Waals surface area contributed by atoms with Gasteiger partial charge in [0.05, 0.1) is 26.4 Å². The summed E-state index contributed by atoms with van der Waals surface area (Å²) < 4.78 is 12.5. The molecule has 0 aliphatic carbocycles. The first kappa shape index (κ1) is 42.4. The van der Waals surface area contributed by atoms with Crippen molar-refractivity contribution in [2.45, 2.75) is 156 Å². The van der Waals surface area contributed by atoms with Crippen LogP contribution in [-0.4, -0.2) is 62.3 Å². The number of unbranched alkanes of at least 4 members (excludes halogenated alkanes) is 14. The van der Waals surface area contributed by atoms with Gasteiger partial charge in [-0.25, -0.2) is 0 Å². The van der Waals surface area contributed by atoms with E-state index >= 15 is 0 Å². The number of rotatable bonds is 33. The van der Waals surface area contributed by atoms with E-state index in [1.165, 1.54) is 164 Å². The molecule has 274 valence electrons. The van der Waals surface area contributed by atoms with Gasteiger partial charge in [0.2, 0.25) is 0 Å². The van der Waals surface area contributed by atoms with E-state index in [0.29, 0.717) is 13.2 Å². The van der Waals surface area contributed by atoms with Gasteiger partial charge in [-0.2, -0.15) is 0 Å². The van der Waals surface area contributed by atoms with Crippen LogP contribution in [0.4, 0.5) is 0 Å². The first-order valence-electron chi connectivity index (χ1n) is 20.5. The normalized spacial score (nSPS) is 11.7. The van der Waals surface area contributed by atoms with E-state index in [0.717, 1.165) is 26.3 Å². The van der Waals surface area contributed by atoms with Crippen LogP contribution in [0.1, 0.15) is 154 Å². The van der Waals surface area contributed by atoms with Crippen LogP contribution in [0.25, 0.3) is 11.1 Å². The summed E-state index contributed by atoms with van der Waals surface area (Å²) in [6.45, 7) is 19.0. The third-order valence-corrected chi connectivity index (χ3v) is 9.64.